The second-order valence-corrected chi connectivity index (χ2v) is 6.22. The van der Waals surface area contributed by atoms with Crippen LogP contribution in [-0.4, -0.2) is 41.0 Å². The van der Waals surface area contributed by atoms with Gasteiger partial charge in [0.1, 0.15) is 5.75 Å². The summed E-state index contributed by atoms with van der Waals surface area (Å²) >= 11 is 0. The number of alkyl halides is 3. The summed E-state index contributed by atoms with van der Waals surface area (Å²) in [5, 5.41) is 14.6. The summed E-state index contributed by atoms with van der Waals surface area (Å²) in [6.45, 7) is 0. The third-order valence-electron chi connectivity index (χ3n) is 4.32. The maximum Gasteiger partial charge on any atom is 0.573 e. The van der Waals surface area contributed by atoms with E-state index < -0.39 is 12.1 Å². The molecule has 4 rings (SSSR count). The number of hydrogen-bond donors (Lipinski definition) is 1. The van der Waals surface area contributed by atoms with E-state index in [-0.39, 0.29) is 17.3 Å². The molecule has 160 valence electrons. The van der Waals surface area contributed by atoms with Gasteiger partial charge in [0.15, 0.2) is 11.5 Å². The lowest BCUT2D eigenvalue weighted by molar-refractivity contribution is -0.274. The average molecular weight is 432 g/mol. The fourth-order valence-electron chi connectivity index (χ4n) is 2.97. The molecule has 0 saturated carbocycles. The van der Waals surface area contributed by atoms with Gasteiger partial charge in [-0.3, -0.25) is 5.10 Å². The number of aromatic amines is 1. The van der Waals surface area contributed by atoms with Crippen LogP contribution in [0.15, 0.2) is 53.2 Å². The largest absolute Gasteiger partial charge is 0.573 e. The normalized spacial score (nSPS) is 11.4. The zero-order valence-electron chi connectivity index (χ0n) is 16.2. The molecule has 0 atom stereocenters. The Morgan fingerprint density at radius 1 is 0.871 bits per heavy atom. The number of halogens is 3. The molecule has 8 nitrogen and oxygen atoms in total. The average Bonchev–Trinajstić information content (AvgIpc) is 3.44. The van der Waals surface area contributed by atoms with Gasteiger partial charge in [0, 0.05) is 17.3 Å². The van der Waals surface area contributed by atoms with Crippen molar-refractivity contribution in [2.75, 3.05) is 14.2 Å². The first-order valence-corrected chi connectivity index (χ1v) is 8.83. The molecule has 0 saturated heterocycles. The highest BCUT2D eigenvalue weighted by atomic mass is 19.4. The third kappa shape index (κ3) is 4.29. The van der Waals surface area contributed by atoms with Crippen molar-refractivity contribution in [3.05, 3.63) is 48.8 Å². The van der Waals surface area contributed by atoms with Gasteiger partial charge in [-0.1, -0.05) is 0 Å². The first kappa shape index (κ1) is 20.3. The molecule has 0 radical (unpaired) electrons. The van der Waals surface area contributed by atoms with Crippen molar-refractivity contribution in [1.82, 2.24) is 20.4 Å². The minimum absolute atomic E-state index is 0.00797. The topological polar surface area (TPSA) is 95.3 Å². The van der Waals surface area contributed by atoms with Crippen LogP contribution in [-0.2, 0) is 0 Å². The number of rotatable bonds is 6. The number of benzene rings is 2. The van der Waals surface area contributed by atoms with Crippen LogP contribution < -0.4 is 14.2 Å². The van der Waals surface area contributed by atoms with E-state index in [9.17, 15) is 13.2 Å². The van der Waals surface area contributed by atoms with Crippen molar-refractivity contribution in [1.29, 1.82) is 0 Å². The monoisotopic (exact) mass is 432 g/mol. The molecular weight excluding hydrogens is 417 g/mol. The van der Waals surface area contributed by atoms with Crippen molar-refractivity contribution < 1.29 is 31.8 Å². The zero-order chi connectivity index (χ0) is 22.0. The molecule has 0 aliphatic rings. The van der Waals surface area contributed by atoms with Crippen molar-refractivity contribution >= 4 is 0 Å². The number of methoxy groups -OCH3 is 2. The van der Waals surface area contributed by atoms with E-state index in [1.807, 2.05) is 0 Å². The molecule has 0 bridgehead atoms. The second kappa shape index (κ2) is 8.01. The maximum atomic E-state index is 12.7. The van der Waals surface area contributed by atoms with Crippen LogP contribution in [0.2, 0.25) is 0 Å². The van der Waals surface area contributed by atoms with Crippen LogP contribution in [0.5, 0.6) is 17.2 Å². The lowest BCUT2D eigenvalue weighted by atomic mass is 10.0. The predicted octanol–water partition coefficient (Wildman–Crippen LogP) is 4.71. The highest BCUT2D eigenvalue weighted by molar-refractivity contribution is 5.80. The zero-order valence-corrected chi connectivity index (χ0v) is 16.2. The Bertz CT molecular complexity index is 1190. The molecule has 0 spiro atoms. The summed E-state index contributed by atoms with van der Waals surface area (Å²) in [6.07, 6.45) is -1.72. The van der Waals surface area contributed by atoms with Crippen LogP contribution in [0.4, 0.5) is 13.2 Å². The highest BCUT2D eigenvalue weighted by Gasteiger charge is 2.31. The Morgan fingerprint density at radius 3 is 2.32 bits per heavy atom. The summed E-state index contributed by atoms with van der Waals surface area (Å²) in [5.41, 5.74) is 1.96. The Kier molecular flexibility index (Phi) is 5.24. The molecule has 4 aromatic rings. The summed E-state index contributed by atoms with van der Waals surface area (Å²) in [6, 6.07) is 8.86. The van der Waals surface area contributed by atoms with E-state index in [1.165, 1.54) is 38.6 Å². The van der Waals surface area contributed by atoms with Gasteiger partial charge in [-0.25, -0.2) is 0 Å². The minimum Gasteiger partial charge on any atom is -0.493 e. The van der Waals surface area contributed by atoms with Gasteiger partial charge in [-0.05, 0) is 42.0 Å². The van der Waals surface area contributed by atoms with Gasteiger partial charge in [0.25, 0.3) is 0 Å². The fourth-order valence-corrected chi connectivity index (χ4v) is 2.97. The van der Waals surface area contributed by atoms with Crippen LogP contribution in [0, 0.1) is 0 Å². The molecule has 0 aliphatic heterocycles. The molecule has 2 heterocycles. The summed E-state index contributed by atoms with van der Waals surface area (Å²) in [7, 11) is 3.00. The van der Waals surface area contributed by atoms with E-state index in [0.29, 0.717) is 28.2 Å². The summed E-state index contributed by atoms with van der Waals surface area (Å²) in [4.78, 5) is 0. The third-order valence-corrected chi connectivity index (χ3v) is 4.32. The quantitative estimate of drug-likeness (QED) is 0.471. The smallest absolute Gasteiger partial charge is 0.493 e. The number of aromatic nitrogens is 4. The maximum absolute atomic E-state index is 12.7. The van der Waals surface area contributed by atoms with Crippen LogP contribution in [0.25, 0.3) is 34.0 Å². The predicted molar refractivity (Wildman–Crippen MR) is 103 cm³/mol. The van der Waals surface area contributed by atoms with E-state index >= 15 is 0 Å². The van der Waals surface area contributed by atoms with E-state index in [2.05, 4.69) is 25.1 Å². The molecule has 2 aromatic heterocycles. The van der Waals surface area contributed by atoms with Gasteiger partial charge < -0.3 is 18.6 Å². The Labute approximate surface area is 173 Å². The number of nitrogens with zero attached hydrogens (tertiary/aromatic N) is 3. The minimum atomic E-state index is -4.84. The van der Waals surface area contributed by atoms with Crippen molar-refractivity contribution in [3.8, 4) is 51.3 Å². The van der Waals surface area contributed by atoms with Crippen LogP contribution >= 0.6 is 0 Å². The molecule has 2 aromatic carbocycles. The first-order chi connectivity index (χ1) is 14.9. The molecule has 11 heteroatoms. The fraction of sp³-hybridized carbons (Fsp3) is 0.150. The van der Waals surface area contributed by atoms with Crippen molar-refractivity contribution in [2.45, 2.75) is 6.36 Å². The summed E-state index contributed by atoms with van der Waals surface area (Å²) in [5.74, 6) is 0.718. The van der Waals surface area contributed by atoms with Gasteiger partial charge in [-0.15, -0.1) is 23.4 Å². The Balaban J connectivity index is 1.77. The molecule has 31 heavy (non-hydrogen) atoms. The standard InChI is InChI=1S/C20H15F3N4O4/c1-28-16-6-3-11(7-17(16)29-2)18-26-27-19(30-18)15-8-13(31-20(21,22)23)4-5-14(15)12-9-24-25-10-12/h3-10H,1-2H3,(H,24,25). The Morgan fingerprint density at radius 2 is 1.65 bits per heavy atom. The number of nitrogens with one attached hydrogen (secondary N) is 1. The van der Waals surface area contributed by atoms with Crippen molar-refractivity contribution in [3.63, 3.8) is 0 Å². The molecule has 0 amide bonds. The van der Waals surface area contributed by atoms with Gasteiger partial charge in [-0.2, -0.15) is 5.10 Å². The Hall–Kier alpha value is -4.02. The molecule has 0 aliphatic carbocycles. The number of H-pyrrole nitrogens is 1. The van der Waals surface area contributed by atoms with E-state index in [1.54, 1.807) is 24.4 Å². The first-order valence-electron chi connectivity index (χ1n) is 8.83. The van der Waals surface area contributed by atoms with E-state index in [4.69, 9.17) is 13.9 Å². The summed E-state index contributed by atoms with van der Waals surface area (Å²) < 4.78 is 58.4. The molecule has 0 unspecified atom stereocenters. The van der Waals surface area contributed by atoms with E-state index in [0.717, 1.165) is 0 Å². The number of ether oxygens (including phenoxy) is 3. The SMILES string of the molecule is COc1ccc(-c2nnc(-c3cc(OC(F)(F)F)ccc3-c3cn[nH]c3)o2)cc1OC. The van der Waals surface area contributed by atoms with Gasteiger partial charge in [0.05, 0.1) is 26.0 Å². The lowest BCUT2D eigenvalue weighted by Gasteiger charge is -2.11. The number of hydrogen-bond acceptors (Lipinski definition) is 7. The molecule has 1 N–H and O–H groups in total. The molecular formula is C20H15F3N4O4. The lowest BCUT2D eigenvalue weighted by Crippen LogP contribution is -2.17. The second-order valence-electron chi connectivity index (χ2n) is 6.22. The highest BCUT2D eigenvalue weighted by Crippen LogP contribution is 2.37. The van der Waals surface area contributed by atoms with Crippen LogP contribution in [0.3, 0.4) is 0 Å². The van der Waals surface area contributed by atoms with Crippen molar-refractivity contribution in [2.24, 2.45) is 0 Å². The van der Waals surface area contributed by atoms with Crippen LogP contribution in [0.1, 0.15) is 0 Å². The molecule has 0 fully saturated rings. The van der Waals surface area contributed by atoms with Gasteiger partial charge >= 0.3 is 6.36 Å². The van der Waals surface area contributed by atoms with Gasteiger partial charge in [0.2, 0.25) is 11.8 Å².